The van der Waals surface area contributed by atoms with Crippen molar-refractivity contribution in [1.82, 2.24) is 19.2 Å². The van der Waals surface area contributed by atoms with Crippen molar-refractivity contribution in [3.8, 4) is 61.8 Å². The zero-order valence-corrected chi connectivity index (χ0v) is 28.3. The van der Waals surface area contributed by atoms with Crippen LogP contribution in [0.25, 0.3) is 89.2 Å². The van der Waals surface area contributed by atoms with Gasteiger partial charge in [-0.1, -0.05) is 158 Å². The number of hydrogen-bond acceptors (Lipinski definition) is 2. The minimum atomic E-state index is 0.924. The first-order chi connectivity index (χ1) is 25.8. The van der Waals surface area contributed by atoms with Crippen LogP contribution in [0.2, 0.25) is 0 Å². The van der Waals surface area contributed by atoms with E-state index in [9.17, 15) is 0 Å². The molecule has 0 aliphatic heterocycles. The summed E-state index contributed by atoms with van der Waals surface area (Å²) in [6, 6.07) is 68.4. The van der Waals surface area contributed by atoms with Crippen molar-refractivity contribution in [3.63, 3.8) is 0 Å². The molecule has 0 atom stereocenters. The number of fused-ring (bicyclic) bond motifs is 4. The van der Waals surface area contributed by atoms with E-state index < -0.39 is 0 Å². The molecule has 0 fully saturated rings. The fourth-order valence-corrected chi connectivity index (χ4v) is 7.50. The van der Waals surface area contributed by atoms with Gasteiger partial charge in [0, 0.05) is 33.3 Å². The molecule has 52 heavy (non-hydrogen) atoms. The molecule has 7 aromatic carbocycles. The number of nitrogens with zero attached hydrogens (tertiary/aromatic N) is 4. The van der Waals surface area contributed by atoms with E-state index in [0.29, 0.717) is 0 Å². The summed E-state index contributed by atoms with van der Waals surface area (Å²) in [4.78, 5) is 5.08. The first-order valence-corrected chi connectivity index (χ1v) is 17.6. The first kappa shape index (κ1) is 29.8. The van der Waals surface area contributed by atoms with Crippen LogP contribution in [0.3, 0.4) is 0 Å². The van der Waals surface area contributed by atoms with E-state index in [1.807, 2.05) is 12.1 Å². The van der Waals surface area contributed by atoms with Gasteiger partial charge in [-0.15, -0.1) is 0 Å². The molecule has 0 bridgehead atoms. The molecule has 244 valence electrons. The van der Waals surface area contributed by atoms with Gasteiger partial charge in [-0.05, 0) is 58.5 Å². The maximum atomic E-state index is 5.39. The Morgan fingerprint density at radius 2 is 1.04 bits per heavy atom. The molecule has 0 saturated heterocycles. The Labute approximate surface area is 301 Å². The van der Waals surface area contributed by atoms with Crippen LogP contribution in [0.5, 0.6) is 0 Å². The molecule has 0 aliphatic carbocycles. The highest BCUT2D eigenvalue weighted by Gasteiger charge is 2.22. The van der Waals surface area contributed by atoms with E-state index in [4.69, 9.17) is 10.1 Å². The molecule has 3 heterocycles. The van der Waals surface area contributed by atoms with Crippen LogP contribution >= 0.6 is 0 Å². The van der Waals surface area contributed by atoms with E-state index in [-0.39, 0.29) is 0 Å². The van der Waals surface area contributed by atoms with Crippen LogP contribution < -0.4 is 0 Å². The lowest BCUT2D eigenvalue weighted by Gasteiger charge is -2.12. The van der Waals surface area contributed by atoms with Crippen LogP contribution in [0.1, 0.15) is 0 Å². The number of rotatable bonds is 6. The molecule has 0 radical (unpaired) electrons. The van der Waals surface area contributed by atoms with Crippen LogP contribution in [-0.4, -0.2) is 19.2 Å². The summed E-state index contributed by atoms with van der Waals surface area (Å²) in [6.07, 6.45) is 0. The minimum Gasteiger partial charge on any atom is -0.292 e. The molecule has 10 aromatic rings. The Hall–Kier alpha value is -7.04. The van der Waals surface area contributed by atoms with E-state index in [1.54, 1.807) is 0 Å². The molecule has 3 aromatic heterocycles. The summed E-state index contributed by atoms with van der Waals surface area (Å²) in [5.74, 6) is 0.924. The molecule has 0 aliphatic rings. The van der Waals surface area contributed by atoms with Crippen molar-refractivity contribution in [3.05, 3.63) is 194 Å². The Morgan fingerprint density at radius 3 is 1.83 bits per heavy atom. The lowest BCUT2D eigenvalue weighted by atomic mass is 9.94. The second-order valence-electron chi connectivity index (χ2n) is 13.1. The Kier molecular flexibility index (Phi) is 7.10. The van der Waals surface area contributed by atoms with Gasteiger partial charge in [0.25, 0.3) is 0 Å². The Bertz CT molecular complexity index is 2870. The zero-order chi connectivity index (χ0) is 34.4. The molecule has 0 saturated carbocycles. The first-order valence-electron chi connectivity index (χ1n) is 17.6. The predicted molar refractivity (Wildman–Crippen MR) is 215 cm³/mol. The van der Waals surface area contributed by atoms with E-state index in [0.717, 1.165) is 78.4 Å². The van der Waals surface area contributed by atoms with Gasteiger partial charge in [0.05, 0.1) is 22.2 Å². The van der Waals surface area contributed by atoms with Gasteiger partial charge in [-0.25, -0.2) is 9.50 Å². The molecule has 4 heteroatoms. The van der Waals surface area contributed by atoms with Crippen LogP contribution in [0, 0.1) is 0 Å². The number of para-hydroxylation sites is 3. The average molecular weight is 665 g/mol. The molecular formula is C48H32N4. The van der Waals surface area contributed by atoms with E-state index in [2.05, 4.69) is 191 Å². The average Bonchev–Trinajstić information content (AvgIpc) is 3.82. The predicted octanol–water partition coefficient (Wildman–Crippen LogP) is 12.2. The Balaban J connectivity index is 1.14. The van der Waals surface area contributed by atoms with Crippen molar-refractivity contribution in [2.45, 2.75) is 0 Å². The molecule has 0 N–H and O–H groups in total. The van der Waals surface area contributed by atoms with Gasteiger partial charge in [0.1, 0.15) is 11.5 Å². The molecule has 0 unspecified atom stereocenters. The Morgan fingerprint density at radius 1 is 0.423 bits per heavy atom. The highest BCUT2D eigenvalue weighted by molar-refractivity contribution is 6.08. The third kappa shape index (κ3) is 5.00. The summed E-state index contributed by atoms with van der Waals surface area (Å²) in [6.45, 7) is 0. The summed E-state index contributed by atoms with van der Waals surface area (Å²) in [5, 5.41) is 7.74. The second-order valence-corrected chi connectivity index (χ2v) is 13.1. The SMILES string of the molecule is c1ccc(-c2nn3c(-c4ccccc4)cc4ccccc4c3c2-c2cccc(-c3ccc(-c4nc5ccccc5n4-c4ccccc4)cc3)c2)cc1. The minimum absolute atomic E-state index is 0.924. The normalized spacial score (nSPS) is 11.5. The quantitative estimate of drug-likeness (QED) is 0.177. The number of aromatic nitrogens is 4. The molecular weight excluding hydrogens is 633 g/mol. The van der Waals surface area contributed by atoms with Crippen LogP contribution in [-0.2, 0) is 0 Å². The van der Waals surface area contributed by atoms with Crippen molar-refractivity contribution < 1.29 is 0 Å². The van der Waals surface area contributed by atoms with Gasteiger partial charge in [-0.3, -0.25) is 4.57 Å². The summed E-state index contributed by atoms with van der Waals surface area (Å²) in [5.41, 5.74) is 14.1. The van der Waals surface area contributed by atoms with Gasteiger partial charge in [0.15, 0.2) is 0 Å². The van der Waals surface area contributed by atoms with Crippen molar-refractivity contribution in [1.29, 1.82) is 0 Å². The topological polar surface area (TPSA) is 35.1 Å². The van der Waals surface area contributed by atoms with Crippen molar-refractivity contribution in [2.24, 2.45) is 0 Å². The second kappa shape index (κ2) is 12.4. The van der Waals surface area contributed by atoms with E-state index in [1.165, 1.54) is 10.8 Å². The smallest absolute Gasteiger partial charge is 0.145 e. The van der Waals surface area contributed by atoms with Gasteiger partial charge in [-0.2, -0.15) is 5.10 Å². The number of imidazole rings is 1. The van der Waals surface area contributed by atoms with Crippen molar-refractivity contribution in [2.75, 3.05) is 0 Å². The summed E-state index contributed by atoms with van der Waals surface area (Å²) < 4.78 is 4.39. The zero-order valence-electron chi connectivity index (χ0n) is 28.3. The van der Waals surface area contributed by atoms with Gasteiger partial charge in [0.2, 0.25) is 0 Å². The standard InChI is InChI=1S/C48H32N4/c1-4-15-34(16-5-1)44-32-38-19-10-11-24-41(38)47-45(46(50-52(44)47)35-17-6-2-7-18-35)39-21-14-20-37(31-39)33-27-29-36(30-28-33)48-49-42-25-12-13-26-43(42)51(48)40-22-8-3-9-23-40/h1-32H. The fraction of sp³-hybridized carbons (Fsp3) is 0. The van der Waals surface area contributed by atoms with Crippen LogP contribution in [0.4, 0.5) is 0 Å². The third-order valence-corrected chi connectivity index (χ3v) is 9.94. The number of hydrogen-bond donors (Lipinski definition) is 0. The lowest BCUT2D eigenvalue weighted by Crippen LogP contribution is -1.97. The third-order valence-electron chi connectivity index (χ3n) is 9.94. The molecule has 0 spiro atoms. The molecule has 10 rings (SSSR count). The molecule has 0 amide bonds. The van der Waals surface area contributed by atoms with Crippen molar-refractivity contribution >= 4 is 27.3 Å². The highest BCUT2D eigenvalue weighted by Crippen LogP contribution is 2.42. The monoisotopic (exact) mass is 664 g/mol. The summed E-state index contributed by atoms with van der Waals surface area (Å²) in [7, 11) is 0. The van der Waals surface area contributed by atoms with Gasteiger partial charge >= 0.3 is 0 Å². The summed E-state index contributed by atoms with van der Waals surface area (Å²) >= 11 is 0. The number of benzene rings is 7. The molecule has 4 nitrogen and oxygen atoms in total. The fourth-order valence-electron chi connectivity index (χ4n) is 7.50. The lowest BCUT2D eigenvalue weighted by molar-refractivity contribution is 0.979. The highest BCUT2D eigenvalue weighted by atomic mass is 15.2. The number of pyridine rings is 1. The van der Waals surface area contributed by atoms with Crippen LogP contribution in [0.15, 0.2) is 194 Å². The maximum absolute atomic E-state index is 5.39. The maximum Gasteiger partial charge on any atom is 0.145 e. The van der Waals surface area contributed by atoms with E-state index >= 15 is 0 Å². The largest absolute Gasteiger partial charge is 0.292 e. The van der Waals surface area contributed by atoms with Gasteiger partial charge < -0.3 is 0 Å².